The summed E-state index contributed by atoms with van der Waals surface area (Å²) in [6.45, 7) is 4.17. The Labute approximate surface area is 177 Å². The third-order valence-electron chi connectivity index (χ3n) is 4.71. The number of carbonyl (C=O) groups excluding carboxylic acids is 2. The number of benzene rings is 1. The molecule has 10 heteroatoms. The SMILES string of the molecule is CC1=NNCCN1c1ccc(N2C[C@H](CNC(=O)c3ccc(Cl)s3)OC2=O)cc1. The van der Waals surface area contributed by atoms with Gasteiger partial charge in [-0.15, -0.1) is 11.3 Å². The zero-order valence-corrected chi connectivity index (χ0v) is 17.3. The van der Waals surface area contributed by atoms with Crippen LogP contribution >= 0.6 is 22.9 Å². The Morgan fingerprint density at radius 3 is 2.66 bits per heavy atom. The maximum atomic E-state index is 12.3. The molecule has 8 nitrogen and oxygen atoms in total. The minimum atomic E-state index is -0.420. The lowest BCUT2D eigenvalue weighted by molar-refractivity contribution is 0.0920. The van der Waals surface area contributed by atoms with Crippen molar-refractivity contribution >= 4 is 52.1 Å². The van der Waals surface area contributed by atoms with Crippen LogP contribution in [0.25, 0.3) is 0 Å². The molecule has 1 aromatic heterocycles. The molecule has 2 aromatic rings. The molecule has 0 saturated carbocycles. The van der Waals surface area contributed by atoms with E-state index in [2.05, 4.69) is 20.7 Å². The van der Waals surface area contributed by atoms with Gasteiger partial charge in [0, 0.05) is 17.9 Å². The number of rotatable bonds is 5. The van der Waals surface area contributed by atoms with Gasteiger partial charge in [0.25, 0.3) is 5.91 Å². The van der Waals surface area contributed by atoms with Gasteiger partial charge in [0.1, 0.15) is 11.9 Å². The van der Waals surface area contributed by atoms with Gasteiger partial charge in [-0.1, -0.05) is 11.6 Å². The number of nitrogens with zero attached hydrogens (tertiary/aromatic N) is 3. The predicted molar refractivity (Wildman–Crippen MR) is 114 cm³/mol. The zero-order chi connectivity index (χ0) is 20.4. The van der Waals surface area contributed by atoms with Crippen molar-refractivity contribution in [3.8, 4) is 0 Å². The third-order valence-corrected chi connectivity index (χ3v) is 5.94. The molecule has 1 fully saturated rings. The number of amidine groups is 1. The number of ether oxygens (including phenoxy) is 1. The molecule has 2 aliphatic rings. The van der Waals surface area contributed by atoms with Gasteiger partial charge in [0.15, 0.2) is 0 Å². The van der Waals surface area contributed by atoms with E-state index >= 15 is 0 Å². The van der Waals surface area contributed by atoms with Crippen LogP contribution in [0.5, 0.6) is 0 Å². The standard InChI is InChI=1S/C19H20ClN5O3S/c1-12-23-22-8-9-24(12)13-2-4-14(5-3-13)25-11-15(28-19(25)27)10-21-18(26)16-6-7-17(20)29-16/h2-7,15,22H,8-11H2,1H3,(H,21,26)/t15-/m0/s1. The van der Waals surface area contributed by atoms with E-state index in [1.165, 1.54) is 11.3 Å². The van der Waals surface area contributed by atoms with Crippen LogP contribution in [0.1, 0.15) is 16.6 Å². The number of carbonyl (C=O) groups is 2. The summed E-state index contributed by atoms with van der Waals surface area (Å²) in [5.74, 6) is 0.668. The van der Waals surface area contributed by atoms with Crippen molar-refractivity contribution in [2.24, 2.45) is 5.10 Å². The highest BCUT2D eigenvalue weighted by Crippen LogP contribution is 2.26. The number of hydrogen-bond donors (Lipinski definition) is 2. The van der Waals surface area contributed by atoms with Crippen molar-refractivity contribution in [2.45, 2.75) is 13.0 Å². The number of halogens is 1. The number of thiophene rings is 1. The van der Waals surface area contributed by atoms with Crippen molar-refractivity contribution < 1.29 is 14.3 Å². The van der Waals surface area contributed by atoms with Gasteiger partial charge < -0.3 is 20.4 Å². The molecule has 0 aliphatic carbocycles. The zero-order valence-electron chi connectivity index (χ0n) is 15.7. The van der Waals surface area contributed by atoms with E-state index in [1.807, 2.05) is 31.2 Å². The van der Waals surface area contributed by atoms with E-state index in [4.69, 9.17) is 16.3 Å². The Hall–Kier alpha value is -2.78. The van der Waals surface area contributed by atoms with E-state index in [1.54, 1.807) is 17.0 Å². The first-order valence-electron chi connectivity index (χ1n) is 9.18. The highest BCUT2D eigenvalue weighted by molar-refractivity contribution is 7.18. The van der Waals surface area contributed by atoms with Crippen LogP contribution in [0.2, 0.25) is 4.34 Å². The molecule has 2 aliphatic heterocycles. The van der Waals surface area contributed by atoms with Crippen molar-refractivity contribution in [3.63, 3.8) is 0 Å². The van der Waals surface area contributed by atoms with Crippen LogP contribution in [-0.4, -0.2) is 50.1 Å². The first kappa shape index (κ1) is 19.5. The molecule has 1 atom stereocenters. The second-order valence-corrected chi connectivity index (χ2v) is 8.38. The topological polar surface area (TPSA) is 86.3 Å². The van der Waals surface area contributed by atoms with E-state index in [0.29, 0.717) is 15.8 Å². The molecule has 0 bridgehead atoms. The van der Waals surface area contributed by atoms with Gasteiger partial charge in [-0.25, -0.2) is 4.79 Å². The number of amides is 2. The molecule has 1 saturated heterocycles. The number of hydrazone groups is 1. The fourth-order valence-corrected chi connectivity index (χ4v) is 4.21. The van der Waals surface area contributed by atoms with Crippen molar-refractivity contribution in [2.75, 3.05) is 36.0 Å². The lowest BCUT2D eigenvalue weighted by Crippen LogP contribution is -2.40. The molecule has 4 rings (SSSR count). The molecule has 0 spiro atoms. The number of cyclic esters (lactones) is 1. The first-order valence-corrected chi connectivity index (χ1v) is 10.4. The summed E-state index contributed by atoms with van der Waals surface area (Å²) in [5.41, 5.74) is 4.74. The second kappa shape index (κ2) is 8.30. The Morgan fingerprint density at radius 2 is 2.00 bits per heavy atom. The van der Waals surface area contributed by atoms with Crippen LogP contribution in [-0.2, 0) is 4.74 Å². The summed E-state index contributed by atoms with van der Waals surface area (Å²) < 4.78 is 5.95. The molecule has 1 aromatic carbocycles. The van der Waals surface area contributed by atoms with Crippen LogP contribution in [0.4, 0.5) is 16.2 Å². The molecule has 29 heavy (non-hydrogen) atoms. The maximum Gasteiger partial charge on any atom is 0.414 e. The normalized spacial score (nSPS) is 18.9. The molecule has 0 unspecified atom stereocenters. The van der Waals surface area contributed by atoms with E-state index < -0.39 is 12.2 Å². The molecular formula is C19H20ClN5O3S. The quantitative estimate of drug-likeness (QED) is 0.757. The summed E-state index contributed by atoms with van der Waals surface area (Å²) >= 11 is 7.06. The van der Waals surface area contributed by atoms with Crippen LogP contribution in [0.15, 0.2) is 41.5 Å². The monoisotopic (exact) mass is 433 g/mol. The summed E-state index contributed by atoms with van der Waals surface area (Å²) in [6, 6.07) is 11.0. The Morgan fingerprint density at radius 1 is 1.28 bits per heavy atom. The van der Waals surface area contributed by atoms with Crippen molar-refractivity contribution in [1.29, 1.82) is 0 Å². The first-order chi connectivity index (χ1) is 14.0. The fourth-order valence-electron chi connectivity index (χ4n) is 3.25. The van der Waals surface area contributed by atoms with Gasteiger partial charge in [-0.3, -0.25) is 9.69 Å². The summed E-state index contributed by atoms with van der Waals surface area (Å²) in [4.78, 5) is 28.6. The third kappa shape index (κ3) is 4.30. The highest BCUT2D eigenvalue weighted by Gasteiger charge is 2.32. The minimum absolute atomic E-state index is 0.228. The summed E-state index contributed by atoms with van der Waals surface area (Å²) in [6.07, 6.45) is -0.833. The summed E-state index contributed by atoms with van der Waals surface area (Å²) in [7, 11) is 0. The molecule has 0 radical (unpaired) electrons. The molecule has 3 heterocycles. The number of hydrogen-bond acceptors (Lipinski definition) is 7. The Bertz CT molecular complexity index is 946. The van der Waals surface area contributed by atoms with Gasteiger partial charge in [0.2, 0.25) is 0 Å². The summed E-state index contributed by atoms with van der Waals surface area (Å²) in [5, 5.41) is 7.02. The molecular weight excluding hydrogens is 414 g/mol. The van der Waals surface area contributed by atoms with Crippen LogP contribution in [0.3, 0.4) is 0 Å². The minimum Gasteiger partial charge on any atom is -0.442 e. The lowest BCUT2D eigenvalue weighted by Gasteiger charge is -2.28. The van der Waals surface area contributed by atoms with Crippen LogP contribution in [0, 0.1) is 0 Å². The van der Waals surface area contributed by atoms with Crippen LogP contribution < -0.4 is 20.5 Å². The molecule has 2 N–H and O–H groups in total. The Balaban J connectivity index is 1.36. The van der Waals surface area contributed by atoms with Gasteiger partial charge in [0.05, 0.1) is 28.8 Å². The van der Waals surface area contributed by atoms with E-state index in [9.17, 15) is 9.59 Å². The van der Waals surface area contributed by atoms with Crippen molar-refractivity contribution in [3.05, 3.63) is 45.6 Å². The maximum absolute atomic E-state index is 12.3. The smallest absolute Gasteiger partial charge is 0.414 e. The highest BCUT2D eigenvalue weighted by atomic mass is 35.5. The average molecular weight is 434 g/mol. The van der Waals surface area contributed by atoms with E-state index in [-0.39, 0.29) is 12.5 Å². The lowest BCUT2D eigenvalue weighted by atomic mass is 10.2. The molecule has 152 valence electrons. The predicted octanol–water partition coefficient (Wildman–Crippen LogP) is 2.90. The van der Waals surface area contributed by atoms with Crippen molar-refractivity contribution in [1.82, 2.24) is 10.7 Å². The fraction of sp³-hybridized carbons (Fsp3) is 0.316. The largest absolute Gasteiger partial charge is 0.442 e. The molecule has 2 amide bonds. The number of nitrogens with one attached hydrogen (secondary N) is 2. The van der Waals surface area contributed by atoms with Gasteiger partial charge in [-0.05, 0) is 43.3 Å². The number of anilines is 2. The average Bonchev–Trinajstić information content (AvgIpc) is 3.32. The van der Waals surface area contributed by atoms with E-state index in [0.717, 1.165) is 30.3 Å². The van der Waals surface area contributed by atoms with Gasteiger partial charge >= 0.3 is 6.09 Å². The Kier molecular flexibility index (Phi) is 5.59. The second-order valence-electron chi connectivity index (χ2n) is 6.67. The van der Waals surface area contributed by atoms with Gasteiger partial charge in [-0.2, -0.15) is 5.10 Å².